The first-order valence-electron chi connectivity index (χ1n) is 9.76. The van der Waals surface area contributed by atoms with Gasteiger partial charge in [-0.3, -0.25) is 14.4 Å². The number of amides is 2. The molecule has 2 unspecified atom stereocenters. The second kappa shape index (κ2) is 9.63. The summed E-state index contributed by atoms with van der Waals surface area (Å²) in [5.74, 6) is -4.92. The second-order valence-corrected chi connectivity index (χ2v) is 7.26. The van der Waals surface area contributed by atoms with Crippen LogP contribution in [0.5, 0.6) is 0 Å². The van der Waals surface area contributed by atoms with Crippen LogP contribution in [0, 0.1) is 23.4 Å². The molecule has 0 spiro atoms. The van der Waals surface area contributed by atoms with E-state index in [0.29, 0.717) is 24.9 Å². The number of nitrogens with zero attached hydrogens (tertiary/aromatic N) is 1. The molecule has 0 radical (unpaired) electrons. The van der Waals surface area contributed by atoms with Crippen molar-refractivity contribution in [2.75, 3.05) is 18.4 Å². The number of nitrogens with one attached hydrogen (secondary N) is 1. The van der Waals surface area contributed by atoms with Crippen LogP contribution < -0.4 is 5.32 Å². The lowest BCUT2D eigenvalue weighted by molar-refractivity contribution is -0.158. The number of carbonyl (C=O) groups excluding carboxylic acids is 3. The largest absolute Gasteiger partial charge is 0.452 e. The van der Waals surface area contributed by atoms with Crippen LogP contribution in [0.15, 0.2) is 42.5 Å². The van der Waals surface area contributed by atoms with E-state index in [9.17, 15) is 27.6 Å². The van der Waals surface area contributed by atoms with Gasteiger partial charge in [0.1, 0.15) is 23.1 Å². The Bertz CT molecular complexity index is 961. The molecule has 31 heavy (non-hydrogen) atoms. The molecule has 1 fully saturated rings. The Morgan fingerprint density at radius 1 is 1.06 bits per heavy atom. The molecule has 3 rings (SSSR count). The van der Waals surface area contributed by atoms with Crippen LogP contribution in [0.1, 0.15) is 30.1 Å². The summed E-state index contributed by atoms with van der Waals surface area (Å²) >= 11 is 0. The molecule has 2 amide bonds. The summed E-state index contributed by atoms with van der Waals surface area (Å²) in [6.45, 7) is 1.81. The third kappa shape index (κ3) is 5.42. The van der Waals surface area contributed by atoms with Crippen LogP contribution in [-0.4, -0.2) is 41.9 Å². The topological polar surface area (TPSA) is 75.7 Å². The van der Waals surface area contributed by atoms with E-state index in [0.717, 1.165) is 18.2 Å². The van der Waals surface area contributed by atoms with Gasteiger partial charge in [-0.05, 0) is 56.2 Å². The van der Waals surface area contributed by atoms with Crippen molar-refractivity contribution < 1.29 is 32.3 Å². The Morgan fingerprint density at radius 3 is 2.35 bits per heavy atom. The maximum absolute atomic E-state index is 13.7. The van der Waals surface area contributed by atoms with Crippen molar-refractivity contribution in [3.63, 3.8) is 0 Å². The lowest BCUT2D eigenvalue weighted by Crippen LogP contribution is -2.44. The molecule has 2 aromatic carbocycles. The number of likely N-dealkylation sites (tertiary alicyclic amines) is 1. The minimum atomic E-state index is -1.30. The van der Waals surface area contributed by atoms with Crippen molar-refractivity contribution in [3.8, 4) is 0 Å². The minimum Gasteiger partial charge on any atom is -0.452 e. The zero-order chi connectivity index (χ0) is 22.5. The monoisotopic (exact) mass is 434 g/mol. The maximum Gasteiger partial charge on any atom is 0.311 e. The highest BCUT2D eigenvalue weighted by atomic mass is 19.1. The molecule has 6 nitrogen and oxygen atoms in total. The smallest absolute Gasteiger partial charge is 0.311 e. The quantitative estimate of drug-likeness (QED) is 0.731. The Hall–Kier alpha value is -3.36. The number of esters is 1. The van der Waals surface area contributed by atoms with Gasteiger partial charge in [0, 0.05) is 18.7 Å². The van der Waals surface area contributed by atoms with Gasteiger partial charge >= 0.3 is 5.97 Å². The van der Waals surface area contributed by atoms with E-state index >= 15 is 0 Å². The highest BCUT2D eigenvalue weighted by molar-refractivity contribution is 5.96. The molecule has 1 aliphatic rings. The van der Waals surface area contributed by atoms with E-state index in [1.54, 1.807) is 0 Å². The molecule has 0 saturated carbocycles. The molecular formula is C22H21F3N2O4. The average Bonchev–Trinajstić information content (AvgIpc) is 2.76. The van der Waals surface area contributed by atoms with E-state index in [1.807, 2.05) is 0 Å². The van der Waals surface area contributed by atoms with Crippen LogP contribution >= 0.6 is 0 Å². The maximum atomic E-state index is 13.7. The molecule has 164 valence electrons. The van der Waals surface area contributed by atoms with Gasteiger partial charge in [0.2, 0.25) is 0 Å². The van der Waals surface area contributed by atoms with E-state index in [4.69, 9.17) is 4.74 Å². The summed E-state index contributed by atoms with van der Waals surface area (Å²) in [6, 6.07) is 8.24. The van der Waals surface area contributed by atoms with Crippen molar-refractivity contribution in [1.82, 2.24) is 4.90 Å². The summed E-state index contributed by atoms with van der Waals surface area (Å²) in [4.78, 5) is 38.8. The SMILES string of the molecule is CC(OC(=O)C1CCCN(C(=O)c2ccc(F)cc2)C1)C(=O)Nc1c(F)cccc1F. The molecule has 1 N–H and O–H groups in total. The van der Waals surface area contributed by atoms with Crippen LogP contribution in [0.4, 0.5) is 18.9 Å². The molecule has 0 bridgehead atoms. The predicted molar refractivity (Wildman–Crippen MR) is 106 cm³/mol. The van der Waals surface area contributed by atoms with Crippen molar-refractivity contribution in [2.45, 2.75) is 25.9 Å². The van der Waals surface area contributed by atoms with Crippen LogP contribution in [0.3, 0.4) is 0 Å². The summed E-state index contributed by atoms with van der Waals surface area (Å²) in [5, 5.41) is 2.08. The fourth-order valence-electron chi connectivity index (χ4n) is 3.30. The lowest BCUT2D eigenvalue weighted by atomic mass is 9.97. The van der Waals surface area contributed by atoms with E-state index in [-0.39, 0.29) is 12.5 Å². The van der Waals surface area contributed by atoms with Gasteiger partial charge in [-0.15, -0.1) is 0 Å². The van der Waals surface area contributed by atoms with Crippen molar-refractivity contribution in [1.29, 1.82) is 0 Å². The minimum absolute atomic E-state index is 0.0886. The normalized spacial score (nSPS) is 17.0. The third-order valence-corrected chi connectivity index (χ3v) is 5.01. The number of piperidine rings is 1. The van der Waals surface area contributed by atoms with E-state index in [2.05, 4.69) is 5.32 Å². The number of ether oxygens (including phenoxy) is 1. The number of benzene rings is 2. The van der Waals surface area contributed by atoms with E-state index < -0.39 is 47.0 Å². The summed E-state index contributed by atoms with van der Waals surface area (Å²) < 4.78 is 45.6. The Balaban J connectivity index is 1.58. The van der Waals surface area contributed by atoms with Gasteiger partial charge in [0.25, 0.3) is 11.8 Å². The number of halogens is 3. The number of carbonyl (C=O) groups is 3. The molecule has 0 aromatic heterocycles. The molecular weight excluding hydrogens is 413 g/mol. The number of rotatable bonds is 5. The van der Waals surface area contributed by atoms with Gasteiger partial charge in [-0.25, -0.2) is 13.2 Å². The third-order valence-electron chi connectivity index (χ3n) is 5.01. The molecule has 2 aromatic rings. The van der Waals surface area contributed by atoms with Crippen molar-refractivity contribution in [3.05, 3.63) is 65.5 Å². The van der Waals surface area contributed by atoms with Gasteiger partial charge in [0.05, 0.1) is 5.92 Å². The zero-order valence-corrected chi connectivity index (χ0v) is 16.7. The standard InChI is InChI=1S/C22H21F3N2O4/c1-13(20(28)26-19-17(24)5-2-6-18(19)25)31-22(30)15-4-3-11-27(12-15)21(29)14-7-9-16(23)10-8-14/h2,5-10,13,15H,3-4,11-12H2,1H3,(H,26,28). The summed E-state index contributed by atoms with van der Waals surface area (Å²) in [5.41, 5.74) is -0.320. The fourth-order valence-corrected chi connectivity index (χ4v) is 3.30. The zero-order valence-electron chi connectivity index (χ0n) is 16.7. The highest BCUT2D eigenvalue weighted by Crippen LogP contribution is 2.22. The number of anilines is 1. The molecule has 1 heterocycles. The Morgan fingerprint density at radius 2 is 1.71 bits per heavy atom. The second-order valence-electron chi connectivity index (χ2n) is 7.26. The lowest BCUT2D eigenvalue weighted by Gasteiger charge is -2.32. The van der Waals surface area contributed by atoms with Crippen molar-refractivity contribution >= 4 is 23.5 Å². The van der Waals surface area contributed by atoms with E-state index in [1.165, 1.54) is 36.1 Å². The summed E-state index contributed by atoms with van der Waals surface area (Å²) in [7, 11) is 0. The van der Waals surface area contributed by atoms with Gasteiger partial charge in [0.15, 0.2) is 6.10 Å². The number of hydrogen-bond donors (Lipinski definition) is 1. The molecule has 1 aliphatic heterocycles. The van der Waals surface area contributed by atoms with Crippen LogP contribution in [-0.2, 0) is 14.3 Å². The molecule has 1 saturated heterocycles. The van der Waals surface area contributed by atoms with Gasteiger partial charge in [-0.1, -0.05) is 6.07 Å². The van der Waals surface area contributed by atoms with Crippen LogP contribution in [0.25, 0.3) is 0 Å². The molecule has 0 aliphatic carbocycles. The predicted octanol–water partition coefficient (Wildman–Crippen LogP) is 3.53. The Labute approximate surface area is 177 Å². The molecule has 9 heteroatoms. The molecule has 2 atom stereocenters. The van der Waals surface area contributed by atoms with Crippen molar-refractivity contribution in [2.24, 2.45) is 5.92 Å². The van der Waals surface area contributed by atoms with Crippen LogP contribution in [0.2, 0.25) is 0 Å². The van der Waals surface area contributed by atoms with Gasteiger partial charge in [-0.2, -0.15) is 0 Å². The Kier molecular flexibility index (Phi) is 6.94. The first-order valence-corrected chi connectivity index (χ1v) is 9.76. The fraction of sp³-hybridized carbons (Fsp3) is 0.318. The first kappa shape index (κ1) is 22.3. The average molecular weight is 434 g/mol. The first-order chi connectivity index (χ1) is 14.8. The summed E-state index contributed by atoms with van der Waals surface area (Å²) in [6.07, 6.45) is -0.287. The van der Waals surface area contributed by atoms with Gasteiger partial charge < -0.3 is 15.0 Å². The highest BCUT2D eigenvalue weighted by Gasteiger charge is 2.32. The number of para-hydroxylation sites is 1. The number of hydrogen-bond acceptors (Lipinski definition) is 4.